The Morgan fingerprint density at radius 2 is 2.07 bits per heavy atom. The molecular weight excluding hydrogens is 214 g/mol. The minimum Gasteiger partial charge on any atom is -0.399 e. The minimum absolute atomic E-state index is 0.118. The molecule has 5 heteroatoms. The second-order valence-corrected chi connectivity index (χ2v) is 4.59. The number of anilines is 1. The highest BCUT2D eigenvalue weighted by atomic mass is 32.2. The quantitative estimate of drug-likeness (QED) is 0.597. The molecule has 0 saturated heterocycles. The Bertz CT molecular complexity index is 503. The lowest BCUT2D eigenvalue weighted by Gasteiger charge is -2.08. The minimum atomic E-state index is -4.20. The van der Waals surface area contributed by atoms with E-state index in [1.54, 1.807) is 19.9 Å². The zero-order valence-electron chi connectivity index (χ0n) is 8.56. The molecule has 0 fully saturated rings. The first kappa shape index (κ1) is 11.7. The van der Waals surface area contributed by atoms with Gasteiger partial charge in [-0.1, -0.05) is 6.08 Å². The van der Waals surface area contributed by atoms with Crippen molar-refractivity contribution in [1.82, 2.24) is 0 Å². The Hall–Kier alpha value is -1.33. The van der Waals surface area contributed by atoms with E-state index in [-0.39, 0.29) is 4.90 Å². The first-order chi connectivity index (χ1) is 6.86. The van der Waals surface area contributed by atoms with Crippen molar-refractivity contribution >= 4 is 21.4 Å². The van der Waals surface area contributed by atoms with Crippen LogP contribution in [0.4, 0.5) is 5.69 Å². The Morgan fingerprint density at radius 1 is 1.47 bits per heavy atom. The molecule has 0 spiro atoms. The molecule has 15 heavy (non-hydrogen) atoms. The lowest BCUT2D eigenvalue weighted by molar-refractivity contribution is 0.483. The lowest BCUT2D eigenvalue weighted by Crippen LogP contribution is -2.03. The fourth-order valence-corrected chi connectivity index (χ4v) is 1.97. The number of nitrogen functional groups attached to an aromatic ring is 1. The molecule has 0 radical (unpaired) electrons. The van der Waals surface area contributed by atoms with Crippen LogP contribution >= 0.6 is 0 Å². The van der Waals surface area contributed by atoms with Crippen LogP contribution in [0.1, 0.15) is 19.4 Å². The summed E-state index contributed by atoms with van der Waals surface area (Å²) in [5.74, 6) is 0. The Balaban J connectivity index is 3.54. The van der Waals surface area contributed by atoms with E-state index in [0.717, 1.165) is 5.57 Å². The van der Waals surface area contributed by atoms with E-state index in [0.29, 0.717) is 11.3 Å². The van der Waals surface area contributed by atoms with E-state index in [9.17, 15) is 8.42 Å². The Kier molecular flexibility index (Phi) is 3.16. The van der Waals surface area contributed by atoms with Crippen LogP contribution in [0.2, 0.25) is 0 Å². The topological polar surface area (TPSA) is 80.4 Å². The zero-order valence-corrected chi connectivity index (χ0v) is 9.38. The summed E-state index contributed by atoms with van der Waals surface area (Å²) in [6.45, 7) is 3.54. The van der Waals surface area contributed by atoms with Gasteiger partial charge in [0.2, 0.25) is 0 Å². The van der Waals surface area contributed by atoms with Crippen LogP contribution in [0.25, 0.3) is 5.57 Å². The van der Waals surface area contributed by atoms with Crippen LogP contribution in [0.15, 0.2) is 29.2 Å². The van der Waals surface area contributed by atoms with Gasteiger partial charge in [-0.05, 0) is 37.6 Å². The molecule has 0 bridgehead atoms. The zero-order chi connectivity index (χ0) is 11.6. The predicted molar refractivity (Wildman–Crippen MR) is 60.0 cm³/mol. The molecule has 82 valence electrons. The fraction of sp³-hybridized carbons (Fsp3) is 0.200. The molecule has 0 unspecified atom stereocenters. The van der Waals surface area contributed by atoms with Gasteiger partial charge >= 0.3 is 0 Å². The smallest absolute Gasteiger partial charge is 0.295 e. The SMILES string of the molecule is CC=C(C)c1cc(N)ccc1S(=O)(=O)O. The summed E-state index contributed by atoms with van der Waals surface area (Å²) in [6.07, 6.45) is 1.75. The van der Waals surface area contributed by atoms with Gasteiger partial charge in [-0.15, -0.1) is 0 Å². The van der Waals surface area contributed by atoms with Gasteiger partial charge in [0.15, 0.2) is 0 Å². The second-order valence-electron chi connectivity index (χ2n) is 3.20. The van der Waals surface area contributed by atoms with Crippen molar-refractivity contribution in [2.24, 2.45) is 0 Å². The fourth-order valence-electron chi connectivity index (χ4n) is 1.24. The maximum absolute atomic E-state index is 11.1. The molecule has 3 N–H and O–H groups in total. The Labute approximate surface area is 89.2 Å². The van der Waals surface area contributed by atoms with Crippen molar-refractivity contribution in [2.45, 2.75) is 18.7 Å². The Morgan fingerprint density at radius 3 is 2.53 bits per heavy atom. The summed E-state index contributed by atoms with van der Waals surface area (Å²) in [7, 11) is -4.20. The van der Waals surface area contributed by atoms with E-state index in [1.807, 2.05) is 0 Å². The molecule has 4 nitrogen and oxygen atoms in total. The maximum Gasteiger partial charge on any atom is 0.295 e. The summed E-state index contributed by atoms with van der Waals surface area (Å²) in [6, 6.07) is 4.26. The van der Waals surface area contributed by atoms with Gasteiger partial charge in [-0.25, -0.2) is 0 Å². The van der Waals surface area contributed by atoms with E-state index >= 15 is 0 Å². The van der Waals surface area contributed by atoms with Crippen LogP contribution in [-0.2, 0) is 10.1 Å². The van der Waals surface area contributed by atoms with E-state index in [2.05, 4.69) is 0 Å². The van der Waals surface area contributed by atoms with E-state index < -0.39 is 10.1 Å². The van der Waals surface area contributed by atoms with Gasteiger partial charge in [-0.3, -0.25) is 4.55 Å². The van der Waals surface area contributed by atoms with E-state index in [4.69, 9.17) is 10.3 Å². The predicted octanol–water partition coefficient (Wildman–Crippen LogP) is 1.94. The molecule has 0 saturated carbocycles. The van der Waals surface area contributed by atoms with Crippen molar-refractivity contribution in [1.29, 1.82) is 0 Å². The van der Waals surface area contributed by atoms with E-state index in [1.165, 1.54) is 18.2 Å². The standard InChI is InChI=1S/C10H13NO3S/c1-3-7(2)9-6-8(11)4-5-10(9)15(12,13)14/h3-6H,11H2,1-2H3,(H,12,13,14). The first-order valence-electron chi connectivity index (χ1n) is 4.36. The first-order valence-corrected chi connectivity index (χ1v) is 5.80. The number of hydrogen-bond donors (Lipinski definition) is 2. The third-order valence-corrected chi connectivity index (χ3v) is 3.05. The molecular formula is C10H13NO3S. The van der Waals surface area contributed by atoms with Crippen molar-refractivity contribution in [2.75, 3.05) is 5.73 Å². The number of rotatable bonds is 2. The molecule has 1 rings (SSSR count). The number of benzene rings is 1. The molecule has 1 aromatic carbocycles. The van der Waals surface area contributed by atoms with Crippen LogP contribution in [0, 0.1) is 0 Å². The molecule has 0 aliphatic heterocycles. The van der Waals surface area contributed by atoms with Gasteiger partial charge in [-0.2, -0.15) is 8.42 Å². The number of nitrogens with two attached hydrogens (primary N) is 1. The van der Waals surface area contributed by atoms with Gasteiger partial charge in [0.05, 0.1) is 0 Å². The third kappa shape index (κ3) is 2.57. The summed E-state index contributed by atoms with van der Waals surface area (Å²) in [5.41, 5.74) is 7.19. The number of hydrogen-bond acceptors (Lipinski definition) is 3. The molecule has 0 aromatic heterocycles. The van der Waals surface area contributed by atoms with Crippen LogP contribution in [0.5, 0.6) is 0 Å². The lowest BCUT2D eigenvalue weighted by atomic mass is 10.1. The normalized spacial score (nSPS) is 12.9. The number of allylic oxidation sites excluding steroid dienone is 2. The second kappa shape index (κ2) is 4.04. The van der Waals surface area contributed by atoms with Crippen LogP contribution in [0.3, 0.4) is 0 Å². The summed E-state index contributed by atoms with van der Waals surface area (Å²) < 4.78 is 31.2. The molecule has 0 heterocycles. The van der Waals surface area contributed by atoms with Gasteiger partial charge in [0, 0.05) is 11.3 Å². The maximum atomic E-state index is 11.1. The summed E-state index contributed by atoms with van der Waals surface area (Å²) >= 11 is 0. The van der Waals surface area contributed by atoms with Crippen LogP contribution in [-0.4, -0.2) is 13.0 Å². The van der Waals surface area contributed by atoms with Gasteiger partial charge < -0.3 is 5.73 Å². The average Bonchev–Trinajstić information content (AvgIpc) is 2.14. The molecule has 0 amide bonds. The molecule has 0 aliphatic rings. The average molecular weight is 227 g/mol. The van der Waals surface area contributed by atoms with Crippen molar-refractivity contribution in [3.05, 3.63) is 29.8 Å². The van der Waals surface area contributed by atoms with Gasteiger partial charge in [0.1, 0.15) is 4.90 Å². The largest absolute Gasteiger partial charge is 0.399 e. The molecule has 0 aliphatic carbocycles. The highest BCUT2D eigenvalue weighted by Crippen LogP contribution is 2.25. The molecule has 0 atom stereocenters. The third-order valence-electron chi connectivity index (χ3n) is 2.14. The highest BCUT2D eigenvalue weighted by Gasteiger charge is 2.15. The monoisotopic (exact) mass is 227 g/mol. The summed E-state index contributed by atoms with van der Waals surface area (Å²) in [4.78, 5) is -0.118. The molecule has 1 aromatic rings. The van der Waals surface area contributed by atoms with Crippen LogP contribution < -0.4 is 5.73 Å². The highest BCUT2D eigenvalue weighted by molar-refractivity contribution is 7.85. The van der Waals surface area contributed by atoms with Gasteiger partial charge in [0.25, 0.3) is 10.1 Å². The summed E-state index contributed by atoms with van der Waals surface area (Å²) in [5, 5.41) is 0. The van der Waals surface area contributed by atoms with Crippen molar-refractivity contribution in [3.63, 3.8) is 0 Å². The van der Waals surface area contributed by atoms with Crippen molar-refractivity contribution < 1.29 is 13.0 Å². The van der Waals surface area contributed by atoms with Crippen molar-refractivity contribution in [3.8, 4) is 0 Å².